The SMILES string of the molecule is CN1CCCC(Nc2ccccc2OCCC(N)=O)C1. The van der Waals surface area contributed by atoms with E-state index in [4.69, 9.17) is 10.5 Å². The molecule has 3 N–H and O–H groups in total. The Balaban J connectivity index is 1.94. The topological polar surface area (TPSA) is 67.6 Å². The number of anilines is 1. The highest BCUT2D eigenvalue weighted by atomic mass is 16.5. The minimum atomic E-state index is -0.343. The fourth-order valence-electron chi connectivity index (χ4n) is 2.48. The van der Waals surface area contributed by atoms with E-state index in [0.717, 1.165) is 24.5 Å². The lowest BCUT2D eigenvalue weighted by atomic mass is 10.1. The van der Waals surface area contributed by atoms with E-state index in [9.17, 15) is 4.79 Å². The molecule has 0 aromatic heterocycles. The molecule has 1 unspecified atom stereocenters. The highest BCUT2D eigenvalue weighted by Gasteiger charge is 2.17. The summed E-state index contributed by atoms with van der Waals surface area (Å²) in [6, 6.07) is 8.27. The van der Waals surface area contributed by atoms with Crippen LogP contribution in [0.1, 0.15) is 19.3 Å². The van der Waals surface area contributed by atoms with E-state index in [-0.39, 0.29) is 12.3 Å². The number of carbonyl (C=O) groups excluding carboxylic acids is 1. The number of hydrogen-bond acceptors (Lipinski definition) is 4. The zero-order valence-corrected chi connectivity index (χ0v) is 12.0. The third kappa shape index (κ3) is 4.42. The molecule has 1 amide bonds. The molecule has 5 nitrogen and oxygen atoms in total. The Morgan fingerprint density at radius 3 is 3.05 bits per heavy atom. The van der Waals surface area contributed by atoms with Gasteiger partial charge in [0.2, 0.25) is 5.91 Å². The van der Waals surface area contributed by atoms with Crippen LogP contribution in [0.2, 0.25) is 0 Å². The fraction of sp³-hybridized carbons (Fsp3) is 0.533. The van der Waals surface area contributed by atoms with E-state index in [1.54, 1.807) is 0 Å². The minimum Gasteiger partial charge on any atom is -0.491 e. The second-order valence-electron chi connectivity index (χ2n) is 5.31. The fourth-order valence-corrected chi connectivity index (χ4v) is 2.48. The van der Waals surface area contributed by atoms with E-state index >= 15 is 0 Å². The molecule has 1 aliphatic heterocycles. The maximum Gasteiger partial charge on any atom is 0.220 e. The summed E-state index contributed by atoms with van der Waals surface area (Å²) in [5, 5.41) is 3.54. The molecule has 1 aliphatic rings. The average Bonchev–Trinajstić information content (AvgIpc) is 2.40. The third-order valence-corrected chi connectivity index (χ3v) is 3.48. The largest absolute Gasteiger partial charge is 0.491 e. The number of para-hydroxylation sites is 2. The van der Waals surface area contributed by atoms with Crippen LogP contribution in [0, 0.1) is 0 Å². The quantitative estimate of drug-likeness (QED) is 0.826. The number of benzene rings is 1. The van der Waals surface area contributed by atoms with Crippen LogP contribution in [0.5, 0.6) is 5.75 Å². The van der Waals surface area contributed by atoms with Gasteiger partial charge in [0.05, 0.1) is 18.7 Å². The van der Waals surface area contributed by atoms with Crippen LogP contribution in [0.4, 0.5) is 5.69 Å². The molecule has 0 bridgehead atoms. The zero-order valence-electron chi connectivity index (χ0n) is 12.0. The number of likely N-dealkylation sites (tertiary alicyclic amines) is 1. The summed E-state index contributed by atoms with van der Waals surface area (Å²) in [4.78, 5) is 13.1. The molecule has 0 radical (unpaired) electrons. The molecule has 5 heteroatoms. The molecule has 1 fully saturated rings. The third-order valence-electron chi connectivity index (χ3n) is 3.48. The standard InChI is InChI=1S/C15H23N3O2/c1-18-9-4-5-12(11-18)17-13-6-2-3-7-14(13)20-10-8-15(16)19/h2-3,6-7,12,17H,4-5,8-11H2,1H3,(H2,16,19). The number of carbonyl (C=O) groups is 1. The molecule has 20 heavy (non-hydrogen) atoms. The zero-order chi connectivity index (χ0) is 14.4. The van der Waals surface area contributed by atoms with Gasteiger partial charge in [-0.3, -0.25) is 4.79 Å². The smallest absolute Gasteiger partial charge is 0.220 e. The lowest BCUT2D eigenvalue weighted by Gasteiger charge is -2.31. The Kier molecular flexibility index (Phi) is 5.24. The molecule has 1 aromatic rings. The first-order valence-electron chi connectivity index (χ1n) is 7.10. The summed E-state index contributed by atoms with van der Waals surface area (Å²) in [7, 11) is 2.14. The first-order valence-corrected chi connectivity index (χ1v) is 7.10. The predicted octanol–water partition coefficient (Wildman–Crippen LogP) is 1.45. The van der Waals surface area contributed by atoms with Crippen LogP contribution in [0.15, 0.2) is 24.3 Å². The Morgan fingerprint density at radius 1 is 1.50 bits per heavy atom. The van der Waals surface area contributed by atoms with Gasteiger partial charge >= 0.3 is 0 Å². The first kappa shape index (κ1) is 14.7. The van der Waals surface area contributed by atoms with Gasteiger partial charge in [-0.25, -0.2) is 0 Å². The van der Waals surface area contributed by atoms with Crippen LogP contribution in [0.3, 0.4) is 0 Å². The number of piperidine rings is 1. The molecular formula is C15H23N3O2. The summed E-state index contributed by atoms with van der Waals surface area (Å²) in [5.41, 5.74) is 6.10. The van der Waals surface area contributed by atoms with Crippen LogP contribution in [0.25, 0.3) is 0 Å². The number of rotatable bonds is 6. The van der Waals surface area contributed by atoms with Gasteiger partial charge in [0.1, 0.15) is 5.75 Å². The van der Waals surface area contributed by atoms with Crippen molar-refractivity contribution in [1.82, 2.24) is 4.90 Å². The van der Waals surface area contributed by atoms with Crippen molar-refractivity contribution < 1.29 is 9.53 Å². The lowest BCUT2D eigenvalue weighted by Crippen LogP contribution is -2.39. The molecule has 2 rings (SSSR count). The van der Waals surface area contributed by atoms with E-state index in [2.05, 4.69) is 17.3 Å². The van der Waals surface area contributed by atoms with Crippen LogP contribution >= 0.6 is 0 Å². The first-order chi connectivity index (χ1) is 9.65. The Hall–Kier alpha value is -1.75. The van der Waals surface area contributed by atoms with Crippen molar-refractivity contribution in [2.75, 3.05) is 32.1 Å². The molecule has 110 valence electrons. The summed E-state index contributed by atoms with van der Waals surface area (Å²) in [6.07, 6.45) is 2.61. The van der Waals surface area contributed by atoms with Gasteiger partial charge in [0.25, 0.3) is 0 Å². The summed E-state index contributed by atoms with van der Waals surface area (Å²) in [5.74, 6) is 0.436. The minimum absolute atomic E-state index is 0.237. The van der Waals surface area contributed by atoms with Crippen molar-refractivity contribution in [3.63, 3.8) is 0 Å². The highest BCUT2D eigenvalue weighted by Crippen LogP contribution is 2.26. The van der Waals surface area contributed by atoms with Crippen molar-refractivity contribution in [3.05, 3.63) is 24.3 Å². The maximum absolute atomic E-state index is 10.7. The van der Waals surface area contributed by atoms with E-state index in [1.807, 2.05) is 24.3 Å². The predicted molar refractivity (Wildman–Crippen MR) is 79.9 cm³/mol. The molecule has 1 saturated heterocycles. The molecule has 1 atom stereocenters. The van der Waals surface area contributed by atoms with Gasteiger partial charge in [-0.1, -0.05) is 12.1 Å². The van der Waals surface area contributed by atoms with Gasteiger partial charge in [-0.05, 0) is 38.6 Å². The number of ether oxygens (including phenoxy) is 1. The summed E-state index contributed by atoms with van der Waals surface area (Å²) in [6.45, 7) is 2.52. The number of amides is 1. The highest BCUT2D eigenvalue weighted by molar-refractivity contribution is 5.73. The number of nitrogens with two attached hydrogens (primary N) is 1. The average molecular weight is 277 g/mol. The number of nitrogens with one attached hydrogen (secondary N) is 1. The second-order valence-corrected chi connectivity index (χ2v) is 5.31. The lowest BCUT2D eigenvalue weighted by molar-refractivity contribution is -0.118. The normalized spacial score (nSPS) is 19.6. The van der Waals surface area contributed by atoms with Gasteiger partial charge in [0, 0.05) is 12.6 Å². The van der Waals surface area contributed by atoms with E-state index in [0.29, 0.717) is 12.6 Å². The van der Waals surface area contributed by atoms with E-state index < -0.39 is 0 Å². The van der Waals surface area contributed by atoms with Crippen LogP contribution in [-0.2, 0) is 4.79 Å². The maximum atomic E-state index is 10.7. The van der Waals surface area contributed by atoms with Crippen molar-refractivity contribution >= 4 is 11.6 Å². The second kappa shape index (κ2) is 7.14. The Bertz CT molecular complexity index is 450. The Morgan fingerprint density at radius 2 is 2.30 bits per heavy atom. The number of primary amides is 1. The molecule has 1 heterocycles. The molecule has 0 saturated carbocycles. The summed E-state index contributed by atoms with van der Waals surface area (Å²) < 4.78 is 5.64. The number of likely N-dealkylation sites (N-methyl/N-ethyl adjacent to an activating group) is 1. The van der Waals surface area contributed by atoms with Gasteiger partial charge in [-0.15, -0.1) is 0 Å². The molecular weight excluding hydrogens is 254 g/mol. The van der Waals surface area contributed by atoms with Gasteiger partial charge in [-0.2, -0.15) is 0 Å². The van der Waals surface area contributed by atoms with Crippen molar-refractivity contribution in [3.8, 4) is 5.75 Å². The summed E-state index contributed by atoms with van der Waals surface area (Å²) >= 11 is 0. The molecule has 0 spiro atoms. The molecule has 1 aromatic carbocycles. The van der Waals surface area contributed by atoms with Crippen molar-refractivity contribution in [2.24, 2.45) is 5.73 Å². The van der Waals surface area contributed by atoms with E-state index in [1.165, 1.54) is 12.8 Å². The van der Waals surface area contributed by atoms with Crippen molar-refractivity contribution in [1.29, 1.82) is 0 Å². The van der Waals surface area contributed by atoms with Crippen LogP contribution < -0.4 is 15.8 Å². The van der Waals surface area contributed by atoms with Crippen LogP contribution in [-0.4, -0.2) is 43.6 Å². The number of nitrogens with zero attached hydrogens (tertiary/aromatic N) is 1. The van der Waals surface area contributed by atoms with Gasteiger partial charge < -0.3 is 20.7 Å². The number of hydrogen-bond donors (Lipinski definition) is 2. The van der Waals surface area contributed by atoms with Crippen molar-refractivity contribution in [2.45, 2.75) is 25.3 Å². The monoisotopic (exact) mass is 277 g/mol. The molecule has 0 aliphatic carbocycles. The Labute approximate surface area is 120 Å². The van der Waals surface area contributed by atoms with Gasteiger partial charge in [0.15, 0.2) is 0 Å².